The normalized spacial score (nSPS) is 21.0. The largest absolute Gasteiger partial charge is 0.359 e. The highest BCUT2D eigenvalue weighted by atomic mass is 16.5. The van der Waals surface area contributed by atoms with Gasteiger partial charge in [0, 0.05) is 0 Å². The maximum Gasteiger partial charge on any atom is 0.0949 e. The Labute approximate surface area is 349 Å². The Morgan fingerprint density at radius 3 is 1.28 bits per heavy atom. The Morgan fingerprint density at radius 2 is 0.930 bits per heavy atom. The zero-order valence-corrected chi connectivity index (χ0v) is 37.8. The Hall–Kier alpha value is -4.20. The summed E-state index contributed by atoms with van der Waals surface area (Å²) in [4.78, 5) is 0. The molecule has 0 saturated heterocycles. The molecule has 2 aromatic carbocycles. The standard InChI is InChI=1S/C56H74O/c1-43(33-35-51-47(5)27-21-39-53(51,7)8)23-19-25-45(3)37-41-55(11,49-29-15-13-16-30-49)57-56(12,50-31-17-14-18-32-50)42-38-46(4)26-20-24-44(2)34-36-52-48(6)28-22-40-54(52,9)10/h13-20,23-26,29-38H,21-22,27-28,39-42H2,1-12H3. The van der Waals surface area contributed by atoms with E-state index in [4.69, 9.17) is 4.74 Å². The molecule has 0 aromatic heterocycles. The van der Waals surface area contributed by atoms with Gasteiger partial charge in [-0.15, -0.1) is 0 Å². The summed E-state index contributed by atoms with van der Waals surface area (Å²) in [6.45, 7) is 27.4. The van der Waals surface area contributed by atoms with Gasteiger partial charge >= 0.3 is 0 Å². The molecule has 4 rings (SSSR count). The first-order valence-corrected chi connectivity index (χ1v) is 21.6. The zero-order valence-electron chi connectivity index (χ0n) is 37.8. The van der Waals surface area contributed by atoms with E-state index in [1.54, 1.807) is 0 Å². The third kappa shape index (κ3) is 13.4. The molecule has 0 N–H and O–H groups in total. The number of allylic oxidation sites excluding steroid dienone is 18. The fraction of sp³-hybridized carbons (Fsp3) is 0.429. The quantitative estimate of drug-likeness (QED) is 0.155. The summed E-state index contributed by atoms with van der Waals surface area (Å²) >= 11 is 0. The van der Waals surface area contributed by atoms with Gasteiger partial charge in [-0.1, -0.05) is 195 Å². The molecular formula is C56H74O. The van der Waals surface area contributed by atoms with Crippen molar-refractivity contribution in [1.82, 2.24) is 0 Å². The summed E-state index contributed by atoms with van der Waals surface area (Å²) in [6.07, 6.45) is 36.2. The van der Waals surface area contributed by atoms with E-state index < -0.39 is 11.2 Å². The molecule has 1 heteroatoms. The molecule has 0 heterocycles. The van der Waals surface area contributed by atoms with Crippen LogP contribution in [0.25, 0.3) is 0 Å². The van der Waals surface area contributed by atoms with Crippen molar-refractivity contribution >= 4 is 0 Å². The summed E-state index contributed by atoms with van der Waals surface area (Å²) in [6, 6.07) is 21.5. The van der Waals surface area contributed by atoms with Gasteiger partial charge in [0.1, 0.15) is 0 Å². The van der Waals surface area contributed by atoms with Crippen LogP contribution in [0.2, 0.25) is 0 Å². The lowest BCUT2D eigenvalue weighted by Crippen LogP contribution is -2.37. The van der Waals surface area contributed by atoms with E-state index in [0.717, 1.165) is 12.8 Å². The van der Waals surface area contributed by atoms with E-state index in [2.05, 4.69) is 217 Å². The van der Waals surface area contributed by atoms with Crippen molar-refractivity contribution in [2.45, 2.75) is 146 Å². The lowest BCUT2D eigenvalue weighted by atomic mass is 9.72. The first-order chi connectivity index (χ1) is 26.9. The van der Waals surface area contributed by atoms with Crippen LogP contribution in [0.5, 0.6) is 0 Å². The molecule has 0 saturated carbocycles. The maximum absolute atomic E-state index is 7.43. The molecule has 2 aliphatic carbocycles. The highest BCUT2D eigenvalue weighted by Gasteiger charge is 2.37. The molecule has 2 unspecified atom stereocenters. The van der Waals surface area contributed by atoms with E-state index in [-0.39, 0.29) is 10.8 Å². The molecule has 0 aliphatic heterocycles. The first kappa shape index (κ1) is 45.5. The van der Waals surface area contributed by atoms with E-state index in [1.165, 1.54) is 94.2 Å². The average molecular weight is 763 g/mol. The summed E-state index contributed by atoms with van der Waals surface area (Å²) in [7, 11) is 0. The van der Waals surface area contributed by atoms with Crippen LogP contribution in [0.1, 0.15) is 146 Å². The predicted molar refractivity (Wildman–Crippen MR) is 250 cm³/mol. The lowest BCUT2D eigenvalue weighted by Gasteiger charge is -2.41. The van der Waals surface area contributed by atoms with Crippen LogP contribution >= 0.6 is 0 Å². The number of hydrogen-bond donors (Lipinski definition) is 0. The van der Waals surface area contributed by atoms with Gasteiger partial charge in [-0.25, -0.2) is 0 Å². The van der Waals surface area contributed by atoms with Crippen molar-refractivity contribution in [3.63, 3.8) is 0 Å². The van der Waals surface area contributed by atoms with Gasteiger partial charge in [-0.2, -0.15) is 0 Å². The molecule has 2 atom stereocenters. The van der Waals surface area contributed by atoms with E-state index in [1.807, 2.05) is 0 Å². The van der Waals surface area contributed by atoms with Crippen molar-refractivity contribution in [3.05, 3.63) is 189 Å². The van der Waals surface area contributed by atoms with Crippen LogP contribution in [0.15, 0.2) is 178 Å². The van der Waals surface area contributed by atoms with Gasteiger partial charge in [0.15, 0.2) is 0 Å². The molecule has 1 nitrogen and oxygen atoms in total. The minimum Gasteiger partial charge on any atom is -0.359 e. The van der Waals surface area contributed by atoms with Crippen molar-refractivity contribution in [1.29, 1.82) is 0 Å². The molecule has 57 heavy (non-hydrogen) atoms. The van der Waals surface area contributed by atoms with Crippen LogP contribution in [0, 0.1) is 10.8 Å². The number of rotatable bonds is 16. The first-order valence-electron chi connectivity index (χ1n) is 21.6. The SMILES string of the molecule is CC(C=CC1=C(C)CCCC1(C)C)=CC=CC(C)=CCC(C)(OC(C)(CC=C(C)C=CC=C(C)C=CC1=C(C)CCCC1(C)C)c1ccccc1)c1ccccc1. The van der Waals surface area contributed by atoms with Gasteiger partial charge in [-0.05, 0) is 140 Å². The predicted octanol–water partition coefficient (Wildman–Crippen LogP) is 16.7. The maximum atomic E-state index is 7.43. The number of hydrogen-bond acceptors (Lipinski definition) is 1. The van der Waals surface area contributed by atoms with Crippen molar-refractivity contribution < 1.29 is 4.74 Å². The van der Waals surface area contributed by atoms with Crippen molar-refractivity contribution in [2.75, 3.05) is 0 Å². The molecule has 0 bridgehead atoms. The van der Waals surface area contributed by atoms with Crippen molar-refractivity contribution in [2.24, 2.45) is 10.8 Å². The van der Waals surface area contributed by atoms with Crippen LogP contribution in [0.3, 0.4) is 0 Å². The molecular weight excluding hydrogens is 689 g/mol. The minimum atomic E-state index is -0.557. The monoisotopic (exact) mass is 763 g/mol. The molecule has 0 fully saturated rings. The van der Waals surface area contributed by atoms with Gasteiger partial charge in [-0.3, -0.25) is 0 Å². The lowest BCUT2D eigenvalue weighted by molar-refractivity contribution is -0.149. The second-order valence-corrected chi connectivity index (χ2v) is 18.7. The number of ether oxygens (including phenoxy) is 1. The molecule has 0 amide bonds. The summed E-state index contributed by atoms with van der Waals surface area (Å²) in [5.74, 6) is 0. The molecule has 304 valence electrons. The number of benzene rings is 2. The average Bonchev–Trinajstić information content (AvgIpc) is 3.16. The van der Waals surface area contributed by atoms with Crippen LogP contribution < -0.4 is 0 Å². The third-order valence-electron chi connectivity index (χ3n) is 12.4. The van der Waals surface area contributed by atoms with Gasteiger partial charge < -0.3 is 4.74 Å². The Balaban J connectivity index is 1.53. The fourth-order valence-corrected chi connectivity index (χ4v) is 8.63. The highest BCUT2D eigenvalue weighted by Crippen LogP contribution is 2.43. The van der Waals surface area contributed by atoms with E-state index >= 15 is 0 Å². The molecule has 2 aliphatic rings. The molecule has 0 spiro atoms. The van der Waals surface area contributed by atoms with E-state index in [9.17, 15) is 0 Å². The second-order valence-electron chi connectivity index (χ2n) is 18.7. The smallest absolute Gasteiger partial charge is 0.0949 e. The minimum absolute atomic E-state index is 0.253. The van der Waals surface area contributed by atoms with Crippen molar-refractivity contribution in [3.8, 4) is 0 Å². The van der Waals surface area contributed by atoms with Gasteiger partial charge in [0.2, 0.25) is 0 Å². The Bertz CT molecular complexity index is 1820. The molecule has 2 aromatic rings. The zero-order chi connectivity index (χ0) is 41.7. The van der Waals surface area contributed by atoms with Gasteiger partial charge in [0.05, 0.1) is 11.2 Å². The van der Waals surface area contributed by atoms with Crippen LogP contribution in [0.4, 0.5) is 0 Å². The Morgan fingerprint density at radius 1 is 0.561 bits per heavy atom. The molecule has 0 radical (unpaired) electrons. The van der Waals surface area contributed by atoms with E-state index in [0.29, 0.717) is 0 Å². The van der Waals surface area contributed by atoms with Crippen LogP contribution in [-0.2, 0) is 15.9 Å². The van der Waals surface area contributed by atoms with Crippen LogP contribution in [-0.4, -0.2) is 0 Å². The topological polar surface area (TPSA) is 9.23 Å². The summed E-state index contributed by atoms with van der Waals surface area (Å²) < 4.78 is 7.43. The van der Waals surface area contributed by atoms with Gasteiger partial charge in [0.25, 0.3) is 0 Å². The second kappa shape index (κ2) is 20.5. The Kier molecular flexibility index (Phi) is 16.3. The third-order valence-corrected chi connectivity index (χ3v) is 12.4. The summed E-state index contributed by atoms with van der Waals surface area (Å²) in [5.41, 5.74) is 12.8. The highest BCUT2D eigenvalue weighted by molar-refractivity contribution is 5.39. The summed E-state index contributed by atoms with van der Waals surface area (Å²) in [5, 5.41) is 0. The fourth-order valence-electron chi connectivity index (χ4n) is 8.63.